The molecule has 1 N–H and O–H groups in total. The zero-order valence-electron chi connectivity index (χ0n) is 11.4. The molecule has 0 spiro atoms. The number of hydrogen-bond acceptors (Lipinski definition) is 2. The molecule has 0 fully saturated rings. The van der Waals surface area contributed by atoms with Crippen LogP contribution in [0.5, 0.6) is 0 Å². The number of aryl methyl sites for hydroxylation is 2. The second-order valence-electron chi connectivity index (χ2n) is 5.14. The van der Waals surface area contributed by atoms with E-state index in [2.05, 4.69) is 12.1 Å². The van der Waals surface area contributed by atoms with E-state index < -0.39 is 12.0 Å². The monoisotopic (exact) mass is 267 g/mol. The van der Waals surface area contributed by atoms with E-state index in [1.807, 2.05) is 41.3 Å². The number of carboxylic acid groups (broad SMARTS) is 1. The van der Waals surface area contributed by atoms with Gasteiger partial charge >= 0.3 is 5.97 Å². The molecule has 1 heterocycles. The lowest BCUT2D eigenvalue weighted by atomic mass is 10.0. The molecule has 0 amide bonds. The Morgan fingerprint density at radius 3 is 1.90 bits per heavy atom. The maximum atomic E-state index is 11.5. The largest absolute Gasteiger partial charge is 0.480 e. The molecule has 0 unspecified atom stereocenters. The van der Waals surface area contributed by atoms with Crippen molar-refractivity contribution in [1.82, 2.24) is 0 Å². The lowest BCUT2D eigenvalue weighted by molar-refractivity contribution is -0.137. The molecule has 0 radical (unpaired) electrons. The number of para-hydroxylation sites is 2. The van der Waals surface area contributed by atoms with Gasteiger partial charge in [0.25, 0.3) is 0 Å². The minimum absolute atomic E-state index is 0.588. The molecule has 2 aromatic rings. The summed E-state index contributed by atoms with van der Waals surface area (Å²) in [5.41, 5.74) is 4.42. The van der Waals surface area contributed by atoms with E-state index in [0.717, 1.165) is 24.2 Å². The molecule has 0 aliphatic carbocycles. The van der Waals surface area contributed by atoms with Crippen LogP contribution in [0.3, 0.4) is 0 Å². The summed E-state index contributed by atoms with van der Waals surface area (Å²) in [7, 11) is 0. The molecule has 0 bridgehead atoms. The maximum Gasteiger partial charge on any atom is 0.326 e. The average molecular weight is 267 g/mol. The van der Waals surface area contributed by atoms with Crippen molar-refractivity contribution in [2.75, 3.05) is 4.90 Å². The molecule has 3 rings (SSSR count). The molecule has 102 valence electrons. The highest BCUT2D eigenvalue weighted by molar-refractivity contribution is 5.84. The highest BCUT2D eigenvalue weighted by Crippen LogP contribution is 2.37. The Morgan fingerprint density at radius 1 is 1.00 bits per heavy atom. The van der Waals surface area contributed by atoms with Crippen molar-refractivity contribution < 1.29 is 9.90 Å². The zero-order valence-corrected chi connectivity index (χ0v) is 11.4. The molecule has 20 heavy (non-hydrogen) atoms. The summed E-state index contributed by atoms with van der Waals surface area (Å²) >= 11 is 0. The Kier molecular flexibility index (Phi) is 3.18. The minimum atomic E-state index is -0.809. The van der Waals surface area contributed by atoms with Gasteiger partial charge in [0.15, 0.2) is 0 Å². The average Bonchev–Trinajstić information content (AvgIpc) is 2.63. The van der Waals surface area contributed by atoms with Gasteiger partial charge in [0, 0.05) is 11.4 Å². The Hall–Kier alpha value is -2.29. The lowest BCUT2D eigenvalue weighted by Crippen LogP contribution is -2.35. The van der Waals surface area contributed by atoms with E-state index in [4.69, 9.17) is 0 Å². The van der Waals surface area contributed by atoms with Crippen LogP contribution in [-0.2, 0) is 17.6 Å². The normalized spacial score (nSPS) is 14.9. The Balaban J connectivity index is 2.21. The molecule has 1 atom stereocenters. The van der Waals surface area contributed by atoms with Crippen LogP contribution in [0.15, 0.2) is 48.5 Å². The highest BCUT2D eigenvalue weighted by atomic mass is 16.4. The van der Waals surface area contributed by atoms with Gasteiger partial charge in [0.1, 0.15) is 6.04 Å². The summed E-state index contributed by atoms with van der Waals surface area (Å²) in [5, 5.41) is 9.44. The number of hydrogen-bond donors (Lipinski definition) is 1. The first kappa shape index (κ1) is 12.7. The van der Waals surface area contributed by atoms with Crippen molar-refractivity contribution in [1.29, 1.82) is 0 Å². The number of carbonyl (C=O) groups is 1. The van der Waals surface area contributed by atoms with Gasteiger partial charge in [-0.1, -0.05) is 36.4 Å². The van der Waals surface area contributed by atoms with Gasteiger partial charge in [-0.05, 0) is 43.0 Å². The number of nitrogens with zero attached hydrogens (tertiary/aromatic N) is 1. The fourth-order valence-corrected chi connectivity index (χ4v) is 2.84. The van der Waals surface area contributed by atoms with Crippen molar-refractivity contribution in [3.05, 3.63) is 59.7 Å². The first-order valence-corrected chi connectivity index (χ1v) is 6.86. The Bertz CT molecular complexity index is 603. The van der Waals surface area contributed by atoms with Crippen LogP contribution in [0.4, 0.5) is 11.4 Å². The predicted octanol–water partition coefficient (Wildman–Crippen LogP) is 3.40. The van der Waals surface area contributed by atoms with Crippen LogP contribution in [0.1, 0.15) is 18.1 Å². The van der Waals surface area contributed by atoms with E-state index in [1.165, 1.54) is 11.1 Å². The Labute approximate surface area is 118 Å². The minimum Gasteiger partial charge on any atom is -0.480 e. The zero-order chi connectivity index (χ0) is 14.1. The molecule has 2 aromatic carbocycles. The quantitative estimate of drug-likeness (QED) is 0.906. The summed E-state index contributed by atoms with van der Waals surface area (Å²) in [6.07, 6.45) is 1.88. The maximum absolute atomic E-state index is 11.5. The lowest BCUT2D eigenvalue weighted by Gasteiger charge is -2.30. The van der Waals surface area contributed by atoms with Crippen LogP contribution < -0.4 is 4.90 Å². The molecule has 0 aromatic heterocycles. The van der Waals surface area contributed by atoms with Crippen LogP contribution >= 0.6 is 0 Å². The number of carboxylic acids is 1. The highest BCUT2D eigenvalue weighted by Gasteiger charge is 2.27. The van der Waals surface area contributed by atoms with Crippen molar-refractivity contribution in [2.24, 2.45) is 0 Å². The SMILES string of the molecule is C[C@H](C(=O)O)N1c2ccccc2CCc2ccccc21. The topological polar surface area (TPSA) is 40.5 Å². The van der Waals surface area contributed by atoms with Gasteiger partial charge in [0.05, 0.1) is 0 Å². The number of anilines is 2. The van der Waals surface area contributed by atoms with Gasteiger partial charge in [-0.3, -0.25) is 0 Å². The van der Waals surface area contributed by atoms with Crippen LogP contribution in [0.2, 0.25) is 0 Å². The van der Waals surface area contributed by atoms with E-state index in [0.29, 0.717) is 0 Å². The summed E-state index contributed by atoms with van der Waals surface area (Å²) in [5.74, 6) is -0.809. The summed E-state index contributed by atoms with van der Waals surface area (Å²) in [6, 6.07) is 15.6. The molecular formula is C17H17NO2. The first-order valence-electron chi connectivity index (χ1n) is 6.86. The summed E-state index contributed by atoms with van der Waals surface area (Å²) in [6.45, 7) is 1.74. The van der Waals surface area contributed by atoms with Crippen molar-refractivity contribution in [2.45, 2.75) is 25.8 Å². The Morgan fingerprint density at radius 2 is 1.45 bits per heavy atom. The predicted molar refractivity (Wildman–Crippen MR) is 79.5 cm³/mol. The van der Waals surface area contributed by atoms with Gasteiger partial charge in [-0.2, -0.15) is 0 Å². The van der Waals surface area contributed by atoms with E-state index in [9.17, 15) is 9.90 Å². The smallest absolute Gasteiger partial charge is 0.326 e. The number of fused-ring (bicyclic) bond motifs is 2. The van der Waals surface area contributed by atoms with Crippen molar-refractivity contribution >= 4 is 17.3 Å². The third-order valence-electron chi connectivity index (χ3n) is 3.91. The molecule has 1 aliphatic rings. The third-order valence-corrected chi connectivity index (χ3v) is 3.91. The molecule has 3 nitrogen and oxygen atoms in total. The van der Waals surface area contributed by atoms with E-state index in [-0.39, 0.29) is 0 Å². The summed E-state index contributed by atoms with van der Waals surface area (Å²) < 4.78 is 0. The standard InChI is InChI=1S/C17H17NO2/c1-12(17(19)20)18-15-8-4-2-6-13(15)10-11-14-7-3-5-9-16(14)18/h2-9,12H,10-11H2,1H3,(H,19,20)/t12-/m1/s1. The number of aliphatic carboxylic acids is 1. The van der Waals surface area contributed by atoms with Crippen molar-refractivity contribution in [3.63, 3.8) is 0 Å². The molecule has 1 aliphatic heterocycles. The van der Waals surface area contributed by atoms with Gasteiger partial charge in [0.2, 0.25) is 0 Å². The van der Waals surface area contributed by atoms with E-state index in [1.54, 1.807) is 6.92 Å². The molecule has 3 heteroatoms. The van der Waals surface area contributed by atoms with Gasteiger partial charge < -0.3 is 10.0 Å². The molecule has 0 saturated carbocycles. The molecular weight excluding hydrogens is 250 g/mol. The van der Waals surface area contributed by atoms with Crippen LogP contribution in [0.25, 0.3) is 0 Å². The van der Waals surface area contributed by atoms with E-state index >= 15 is 0 Å². The van der Waals surface area contributed by atoms with Crippen LogP contribution in [-0.4, -0.2) is 17.1 Å². The second kappa shape index (κ2) is 5.00. The fraction of sp³-hybridized carbons (Fsp3) is 0.235. The third kappa shape index (κ3) is 2.05. The van der Waals surface area contributed by atoms with Crippen LogP contribution in [0, 0.1) is 0 Å². The van der Waals surface area contributed by atoms with Gasteiger partial charge in [-0.25, -0.2) is 4.79 Å². The molecule has 0 saturated heterocycles. The fourth-order valence-electron chi connectivity index (χ4n) is 2.84. The first-order chi connectivity index (χ1) is 9.68. The van der Waals surface area contributed by atoms with Crippen molar-refractivity contribution in [3.8, 4) is 0 Å². The van der Waals surface area contributed by atoms with Gasteiger partial charge in [-0.15, -0.1) is 0 Å². The second-order valence-corrected chi connectivity index (χ2v) is 5.14. The number of benzene rings is 2. The summed E-state index contributed by atoms with van der Waals surface area (Å²) in [4.78, 5) is 13.4. The number of rotatable bonds is 2.